The second-order valence-corrected chi connectivity index (χ2v) is 12.3. The fourth-order valence-corrected chi connectivity index (χ4v) is 6.31. The van der Waals surface area contributed by atoms with Crippen LogP contribution in [0.15, 0.2) is 114 Å². The van der Waals surface area contributed by atoms with E-state index in [0.717, 1.165) is 9.87 Å². The van der Waals surface area contributed by atoms with Crippen LogP contribution in [0.5, 0.6) is 0 Å². The number of sulfonamides is 1. The van der Waals surface area contributed by atoms with Gasteiger partial charge in [0.1, 0.15) is 12.6 Å². The van der Waals surface area contributed by atoms with E-state index in [1.54, 1.807) is 73.7 Å². The highest BCUT2D eigenvalue weighted by atomic mass is 35.5. The summed E-state index contributed by atoms with van der Waals surface area (Å²) in [4.78, 5) is 29.2. The molecule has 0 aliphatic carbocycles. The van der Waals surface area contributed by atoms with Crippen LogP contribution < -0.4 is 9.62 Å². The molecule has 0 fully saturated rings. The highest BCUT2D eigenvalue weighted by Gasteiger charge is 2.34. The lowest BCUT2D eigenvalue weighted by atomic mass is 10.0. The lowest BCUT2D eigenvalue weighted by molar-refractivity contribution is -0.140. The predicted molar refractivity (Wildman–Crippen MR) is 167 cm³/mol. The van der Waals surface area contributed by atoms with Gasteiger partial charge in [-0.3, -0.25) is 13.9 Å². The van der Waals surface area contributed by atoms with Crippen LogP contribution in [0.1, 0.15) is 18.1 Å². The van der Waals surface area contributed by atoms with E-state index in [-0.39, 0.29) is 29.5 Å². The molecular weight excluding hydrogens is 593 g/mol. The number of rotatable bonds is 12. The van der Waals surface area contributed by atoms with Gasteiger partial charge < -0.3 is 10.2 Å². The van der Waals surface area contributed by atoms with Crippen LogP contribution in [0.3, 0.4) is 0 Å². The molecule has 4 rings (SSSR count). The summed E-state index contributed by atoms with van der Waals surface area (Å²) in [5.74, 6) is -0.905. The Morgan fingerprint density at radius 3 is 2.02 bits per heavy atom. The van der Waals surface area contributed by atoms with Crippen molar-refractivity contribution in [3.05, 3.63) is 130 Å². The maximum Gasteiger partial charge on any atom is 0.264 e. The fraction of sp³-hybridized carbons (Fsp3) is 0.188. The summed E-state index contributed by atoms with van der Waals surface area (Å²) in [6, 6.07) is 29.5. The van der Waals surface area contributed by atoms with Crippen molar-refractivity contribution in [3.8, 4) is 0 Å². The Morgan fingerprint density at radius 1 is 0.786 bits per heavy atom. The van der Waals surface area contributed by atoms with Gasteiger partial charge in [-0.1, -0.05) is 83.9 Å². The third-order valence-electron chi connectivity index (χ3n) is 6.59. The first-order valence-electron chi connectivity index (χ1n) is 13.4. The number of amides is 2. The minimum atomic E-state index is -4.17. The fourth-order valence-electron chi connectivity index (χ4n) is 4.53. The first-order valence-corrected chi connectivity index (χ1v) is 15.6. The lowest BCUT2D eigenvalue weighted by Crippen LogP contribution is -2.53. The summed E-state index contributed by atoms with van der Waals surface area (Å²) < 4.78 is 28.8. The number of halogens is 2. The first-order chi connectivity index (χ1) is 20.2. The molecule has 2 amide bonds. The van der Waals surface area contributed by atoms with E-state index in [1.807, 2.05) is 30.3 Å². The number of benzene rings is 4. The zero-order valence-corrected chi connectivity index (χ0v) is 25.3. The second-order valence-electron chi connectivity index (χ2n) is 9.55. The molecule has 0 bridgehead atoms. The number of carbonyl (C=O) groups excluding carboxylic acids is 2. The quantitative estimate of drug-likeness (QED) is 0.211. The average Bonchev–Trinajstić information content (AvgIpc) is 2.99. The summed E-state index contributed by atoms with van der Waals surface area (Å²) in [5.41, 5.74) is 1.81. The van der Waals surface area contributed by atoms with E-state index in [1.165, 1.54) is 17.0 Å². The summed E-state index contributed by atoms with van der Waals surface area (Å²) in [7, 11) is -4.17. The van der Waals surface area contributed by atoms with Gasteiger partial charge in [0.2, 0.25) is 11.8 Å². The van der Waals surface area contributed by atoms with Crippen molar-refractivity contribution in [3.63, 3.8) is 0 Å². The molecule has 0 aromatic heterocycles. The molecule has 0 spiro atoms. The third-order valence-corrected chi connectivity index (χ3v) is 8.86. The van der Waals surface area contributed by atoms with Gasteiger partial charge >= 0.3 is 0 Å². The van der Waals surface area contributed by atoms with Crippen LogP contribution in [-0.2, 0) is 32.6 Å². The van der Waals surface area contributed by atoms with E-state index in [0.29, 0.717) is 22.2 Å². The highest BCUT2D eigenvalue weighted by molar-refractivity contribution is 7.92. The largest absolute Gasteiger partial charge is 0.355 e. The van der Waals surface area contributed by atoms with Crippen LogP contribution in [0.4, 0.5) is 5.69 Å². The molecule has 0 aliphatic rings. The maximum atomic E-state index is 14.3. The van der Waals surface area contributed by atoms with Gasteiger partial charge in [0.25, 0.3) is 10.0 Å². The summed E-state index contributed by atoms with van der Waals surface area (Å²) >= 11 is 12.3. The van der Waals surface area contributed by atoms with E-state index in [4.69, 9.17) is 23.2 Å². The highest BCUT2D eigenvalue weighted by Crippen LogP contribution is 2.26. The molecule has 0 aliphatic heterocycles. The van der Waals surface area contributed by atoms with Gasteiger partial charge in [-0.25, -0.2) is 8.42 Å². The maximum absolute atomic E-state index is 14.3. The Labute approximate surface area is 256 Å². The van der Waals surface area contributed by atoms with Crippen LogP contribution in [0.2, 0.25) is 10.0 Å². The first kappa shape index (κ1) is 31.1. The monoisotopic (exact) mass is 623 g/mol. The van der Waals surface area contributed by atoms with Crippen molar-refractivity contribution in [1.29, 1.82) is 0 Å². The molecule has 0 saturated carbocycles. The molecule has 0 radical (unpaired) electrons. The number of likely N-dealkylation sites (N-methyl/N-ethyl adjacent to an activating group) is 1. The molecular formula is C32H31Cl2N3O4S. The van der Waals surface area contributed by atoms with Crippen molar-refractivity contribution in [1.82, 2.24) is 10.2 Å². The summed E-state index contributed by atoms with van der Waals surface area (Å²) in [5, 5.41) is 3.74. The number of nitrogens with one attached hydrogen (secondary N) is 1. The zero-order valence-electron chi connectivity index (χ0n) is 23.0. The van der Waals surface area contributed by atoms with Gasteiger partial charge in [0.05, 0.1) is 10.6 Å². The Bertz CT molecular complexity index is 1600. The Morgan fingerprint density at radius 2 is 1.40 bits per heavy atom. The number of anilines is 1. The lowest BCUT2D eigenvalue weighted by Gasteiger charge is -2.33. The molecule has 218 valence electrons. The molecule has 42 heavy (non-hydrogen) atoms. The SMILES string of the molecule is CCNC(=O)[C@@H](Cc1ccccc1)N(Cc1cccc(Cl)c1)C(=O)CN(c1ccc(Cl)cc1)S(=O)(=O)c1ccccc1. The van der Waals surface area contributed by atoms with Gasteiger partial charge in [-0.15, -0.1) is 0 Å². The average molecular weight is 625 g/mol. The smallest absolute Gasteiger partial charge is 0.264 e. The number of carbonyl (C=O) groups is 2. The Hall–Kier alpha value is -3.85. The second kappa shape index (κ2) is 14.4. The van der Waals surface area contributed by atoms with Gasteiger partial charge in [0.15, 0.2) is 0 Å². The Kier molecular flexibility index (Phi) is 10.6. The van der Waals surface area contributed by atoms with Gasteiger partial charge in [0, 0.05) is 29.6 Å². The number of nitrogens with zero attached hydrogens (tertiary/aromatic N) is 2. The standard InChI is InChI=1S/C32H31Cl2N3O4S/c1-2-35-32(39)30(21-24-10-5-3-6-11-24)36(22-25-12-9-13-27(34)20-25)31(38)23-37(28-18-16-26(33)17-19-28)42(40,41)29-14-7-4-8-15-29/h3-20,30H,2,21-23H2,1H3,(H,35,39)/t30-/m1/s1. The van der Waals surface area contributed by atoms with Crippen molar-refractivity contribution >= 4 is 50.7 Å². The third kappa shape index (κ3) is 7.91. The Balaban J connectivity index is 1.78. The van der Waals surface area contributed by atoms with Crippen LogP contribution in [0.25, 0.3) is 0 Å². The molecule has 10 heteroatoms. The van der Waals surface area contributed by atoms with Crippen LogP contribution in [0, 0.1) is 0 Å². The van der Waals surface area contributed by atoms with E-state index < -0.39 is 28.5 Å². The van der Waals surface area contributed by atoms with Crippen molar-refractivity contribution in [2.24, 2.45) is 0 Å². The molecule has 7 nitrogen and oxygen atoms in total. The number of hydrogen-bond acceptors (Lipinski definition) is 4. The van der Waals surface area contributed by atoms with E-state index >= 15 is 0 Å². The molecule has 1 atom stereocenters. The number of hydrogen-bond donors (Lipinski definition) is 1. The summed E-state index contributed by atoms with van der Waals surface area (Å²) in [6.45, 7) is 1.65. The zero-order chi connectivity index (χ0) is 30.1. The van der Waals surface area contributed by atoms with Crippen molar-refractivity contribution in [2.75, 3.05) is 17.4 Å². The van der Waals surface area contributed by atoms with Gasteiger partial charge in [-0.2, -0.15) is 0 Å². The molecule has 0 unspecified atom stereocenters. The molecule has 1 N–H and O–H groups in total. The minimum absolute atomic E-state index is 0.0266. The summed E-state index contributed by atoms with van der Waals surface area (Å²) in [6.07, 6.45) is 0.228. The van der Waals surface area contributed by atoms with Crippen LogP contribution >= 0.6 is 23.2 Å². The van der Waals surface area contributed by atoms with E-state index in [9.17, 15) is 18.0 Å². The molecule has 4 aromatic carbocycles. The predicted octanol–water partition coefficient (Wildman–Crippen LogP) is 5.96. The normalized spacial score (nSPS) is 11.9. The van der Waals surface area contributed by atoms with Crippen molar-refractivity contribution in [2.45, 2.75) is 30.8 Å². The van der Waals surface area contributed by atoms with E-state index in [2.05, 4.69) is 5.32 Å². The molecule has 0 heterocycles. The molecule has 0 saturated heterocycles. The van der Waals surface area contributed by atoms with Crippen molar-refractivity contribution < 1.29 is 18.0 Å². The molecule has 4 aromatic rings. The minimum Gasteiger partial charge on any atom is -0.355 e. The van der Waals surface area contributed by atoms with Crippen LogP contribution in [-0.4, -0.2) is 44.3 Å². The topological polar surface area (TPSA) is 86.8 Å². The van der Waals surface area contributed by atoms with Gasteiger partial charge in [-0.05, 0) is 66.6 Å².